The van der Waals surface area contributed by atoms with Gasteiger partial charge >= 0.3 is 0 Å². The summed E-state index contributed by atoms with van der Waals surface area (Å²) in [6, 6.07) is 0. The van der Waals surface area contributed by atoms with E-state index in [1.807, 2.05) is 0 Å². The number of hydrogen-bond donors (Lipinski definition) is 0. The summed E-state index contributed by atoms with van der Waals surface area (Å²) in [5.74, 6) is 0.333. The molecule has 80 valence electrons. The highest BCUT2D eigenvalue weighted by Gasteiger charge is 1.79. The van der Waals surface area contributed by atoms with Gasteiger partial charge in [-0.15, -0.1) is 0 Å². The van der Waals surface area contributed by atoms with Crippen molar-refractivity contribution < 1.29 is 18.0 Å². The van der Waals surface area contributed by atoms with E-state index in [2.05, 4.69) is 0 Å². The number of Topliss-reactive ketones (excluding diaryl/α,β-unsaturated/α-hetero) is 2. The summed E-state index contributed by atoms with van der Waals surface area (Å²) in [6.07, 6.45) is 2.32. The van der Waals surface area contributed by atoms with Gasteiger partial charge in [0.05, 0.1) is 0 Å². The second-order valence-electron chi connectivity index (χ2n) is 2.96. The monoisotopic (exact) mass is 210 g/mol. The number of sulfone groups is 1. The van der Waals surface area contributed by atoms with E-state index in [9.17, 15) is 18.0 Å². The first-order valence-electron chi connectivity index (χ1n) is 3.56. The van der Waals surface area contributed by atoms with Gasteiger partial charge in [-0.1, -0.05) is 0 Å². The Morgan fingerprint density at radius 1 is 0.769 bits per heavy atom. The zero-order valence-corrected chi connectivity index (χ0v) is 9.86. The molecule has 0 aromatic rings. The smallest absolute Gasteiger partial charge is 0.144 e. The molecular weight excluding hydrogens is 192 g/mol. The lowest BCUT2D eigenvalue weighted by Gasteiger charge is -1.69. The molecular formula is C8H18O4S. The molecule has 0 aliphatic heterocycles. The molecule has 0 heterocycles. The van der Waals surface area contributed by atoms with Crippen LogP contribution in [0.25, 0.3) is 0 Å². The minimum atomic E-state index is -2.67. The predicted molar refractivity (Wildman–Crippen MR) is 53.5 cm³/mol. The van der Waals surface area contributed by atoms with E-state index in [0.717, 1.165) is 12.5 Å². The van der Waals surface area contributed by atoms with Crippen molar-refractivity contribution in [3.63, 3.8) is 0 Å². The normalized spacial score (nSPS) is 8.46. The summed E-state index contributed by atoms with van der Waals surface area (Å²) in [7, 11) is -2.67. The first-order valence-corrected chi connectivity index (χ1v) is 5.86. The number of ketones is 2. The molecule has 4 nitrogen and oxygen atoms in total. The Bertz CT molecular complexity index is 211. The van der Waals surface area contributed by atoms with Crippen molar-refractivity contribution in [2.24, 2.45) is 0 Å². The van der Waals surface area contributed by atoms with Gasteiger partial charge in [-0.3, -0.25) is 0 Å². The van der Waals surface area contributed by atoms with Gasteiger partial charge in [-0.2, -0.15) is 0 Å². The Labute approximate surface area is 80.3 Å². The van der Waals surface area contributed by atoms with Crippen LogP contribution in [0.1, 0.15) is 27.7 Å². The molecule has 0 aromatic heterocycles. The molecule has 0 saturated carbocycles. The maximum atomic E-state index is 9.63. The largest absolute Gasteiger partial charge is 0.300 e. The van der Waals surface area contributed by atoms with Crippen molar-refractivity contribution in [1.82, 2.24) is 0 Å². The van der Waals surface area contributed by atoms with Gasteiger partial charge in [-0.25, -0.2) is 8.42 Å². The van der Waals surface area contributed by atoms with Crippen LogP contribution in [0, 0.1) is 0 Å². The molecule has 5 heteroatoms. The molecule has 0 amide bonds. The van der Waals surface area contributed by atoms with Gasteiger partial charge in [0, 0.05) is 12.5 Å². The maximum Gasteiger partial charge on any atom is 0.144 e. The van der Waals surface area contributed by atoms with Crippen molar-refractivity contribution in [3.05, 3.63) is 0 Å². The van der Waals surface area contributed by atoms with Crippen molar-refractivity contribution >= 4 is 21.4 Å². The first kappa shape index (κ1) is 18.2. The van der Waals surface area contributed by atoms with Gasteiger partial charge in [0.2, 0.25) is 0 Å². The zero-order chi connectivity index (χ0) is 11.7. The highest BCUT2D eigenvalue weighted by molar-refractivity contribution is 7.89. The van der Waals surface area contributed by atoms with Crippen LogP contribution in [0.15, 0.2) is 0 Å². The molecule has 0 aromatic carbocycles. The average molecular weight is 210 g/mol. The van der Waals surface area contributed by atoms with Gasteiger partial charge in [0.1, 0.15) is 21.4 Å². The topological polar surface area (TPSA) is 68.3 Å². The molecule has 0 unspecified atom stereocenters. The third kappa shape index (κ3) is 1930. The Morgan fingerprint density at radius 3 is 0.769 bits per heavy atom. The Hall–Kier alpha value is -0.710. The van der Waals surface area contributed by atoms with E-state index in [-0.39, 0.29) is 11.6 Å². The van der Waals surface area contributed by atoms with Crippen LogP contribution in [0.2, 0.25) is 0 Å². The summed E-state index contributed by atoms with van der Waals surface area (Å²) >= 11 is 0. The van der Waals surface area contributed by atoms with Crippen LogP contribution in [-0.4, -0.2) is 32.5 Å². The summed E-state index contributed by atoms with van der Waals surface area (Å²) < 4.78 is 19.3. The second-order valence-corrected chi connectivity index (χ2v) is 5.25. The molecule has 0 bridgehead atoms. The van der Waals surface area contributed by atoms with Crippen LogP contribution in [0.4, 0.5) is 0 Å². The molecule has 0 aliphatic carbocycles. The lowest BCUT2D eigenvalue weighted by molar-refractivity contribution is -0.115. The second kappa shape index (κ2) is 9.38. The number of hydrogen-bond acceptors (Lipinski definition) is 4. The van der Waals surface area contributed by atoms with Crippen molar-refractivity contribution in [2.75, 3.05) is 12.5 Å². The minimum absolute atomic E-state index is 0.167. The molecule has 13 heavy (non-hydrogen) atoms. The highest BCUT2D eigenvalue weighted by atomic mass is 32.2. The number of carbonyl (C=O) groups is 2. The Balaban J connectivity index is -0.000000117. The van der Waals surface area contributed by atoms with E-state index in [0.29, 0.717) is 0 Å². The summed E-state index contributed by atoms with van der Waals surface area (Å²) in [5.41, 5.74) is 0. The number of carbonyl (C=O) groups excluding carboxylic acids is 2. The third-order valence-corrected chi connectivity index (χ3v) is 0. The van der Waals surface area contributed by atoms with Crippen molar-refractivity contribution in [1.29, 1.82) is 0 Å². The van der Waals surface area contributed by atoms with E-state index in [1.54, 1.807) is 0 Å². The maximum absolute atomic E-state index is 9.63. The van der Waals surface area contributed by atoms with Gasteiger partial charge in [0.25, 0.3) is 0 Å². The zero-order valence-electron chi connectivity index (χ0n) is 9.04. The summed E-state index contributed by atoms with van der Waals surface area (Å²) in [4.78, 5) is 18.9. The SMILES string of the molecule is CC(C)=O.CC(C)=O.CS(C)(=O)=O. The molecule has 0 fully saturated rings. The minimum Gasteiger partial charge on any atom is -0.300 e. The van der Waals surface area contributed by atoms with Gasteiger partial charge in [-0.05, 0) is 27.7 Å². The molecule has 0 aliphatic rings. The van der Waals surface area contributed by atoms with E-state index in [4.69, 9.17) is 0 Å². The van der Waals surface area contributed by atoms with Crippen LogP contribution in [0.3, 0.4) is 0 Å². The van der Waals surface area contributed by atoms with E-state index < -0.39 is 9.84 Å². The third-order valence-electron chi connectivity index (χ3n) is 0. The van der Waals surface area contributed by atoms with E-state index >= 15 is 0 Å². The van der Waals surface area contributed by atoms with Crippen molar-refractivity contribution in [3.8, 4) is 0 Å². The van der Waals surface area contributed by atoms with Crippen LogP contribution < -0.4 is 0 Å². The van der Waals surface area contributed by atoms with Crippen LogP contribution >= 0.6 is 0 Å². The van der Waals surface area contributed by atoms with Gasteiger partial charge < -0.3 is 9.59 Å². The molecule has 0 spiro atoms. The molecule has 0 rings (SSSR count). The quantitative estimate of drug-likeness (QED) is 0.594. The highest BCUT2D eigenvalue weighted by Crippen LogP contribution is 1.61. The summed E-state index contributed by atoms with van der Waals surface area (Å²) in [5, 5.41) is 0. The fraction of sp³-hybridized carbons (Fsp3) is 0.750. The Morgan fingerprint density at radius 2 is 0.769 bits per heavy atom. The first-order chi connectivity index (χ1) is 5.46. The Kier molecular flexibility index (Phi) is 13.1. The standard InChI is InChI=1S/2C3H6O.C2H6O2S/c2*1-3(2)4;1-5(2,3)4/h2*1-2H3;1-2H3. The summed E-state index contributed by atoms with van der Waals surface area (Å²) in [6.45, 7) is 6.11. The van der Waals surface area contributed by atoms with E-state index in [1.165, 1.54) is 27.7 Å². The average Bonchev–Trinajstić information content (AvgIpc) is 1.50. The fourth-order valence-corrected chi connectivity index (χ4v) is 0. The lowest BCUT2D eigenvalue weighted by atomic mass is 10.6. The molecule has 0 radical (unpaired) electrons. The fourth-order valence-electron chi connectivity index (χ4n) is 0. The molecule has 0 N–H and O–H groups in total. The van der Waals surface area contributed by atoms with Crippen molar-refractivity contribution in [2.45, 2.75) is 27.7 Å². The van der Waals surface area contributed by atoms with Gasteiger partial charge in [0.15, 0.2) is 0 Å². The molecule has 0 atom stereocenters. The lowest BCUT2D eigenvalue weighted by Crippen LogP contribution is -1.86. The molecule has 0 saturated heterocycles. The van der Waals surface area contributed by atoms with Crippen LogP contribution in [0.5, 0.6) is 0 Å². The predicted octanol–water partition coefficient (Wildman–Crippen LogP) is 0.851. The van der Waals surface area contributed by atoms with Crippen LogP contribution in [-0.2, 0) is 19.4 Å². The number of rotatable bonds is 0.